The summed E-state index contributed by atoms with van der Waals surface area (Å²) < 4.78 is 15.6. The van der Waals surface area contributed by atoms with Crippen LogP contribution >= 0.6 is 0 Å². The predicted octanol–water partition coefficient (Wildman–Crippen LogP) is 6.16. The van der Waals surface area contributed by atoms with Crippen LogP contribution in [0.4, 0.5) is 0 Å². The van der Waals surface area contributed by atoms with Gasteiger partial charge >= 0.3 is 5.97 Å². The van der Waals surface area contributed by atoms with Crippen molar-refractivity contribution < 1.29 is 19.4 Å². The molecule has 5 aromatic rings. The van der Waals surface area contributed by atoms with Crippen LogP contribution in [-0.4, -0.2) is 64.2 Å². The fraction of sp³-hybridized carbons (Fsp3) is 0.353. The second-order valence-corrected chi connectivity index (χ2v) is 11.1. The number of hydrogen-bond donors (Lipinski definition) is 1. The monoisotopic (exact) mass is 566 g/mol. The minimum absolute atomic E-state index is 0.386. The Kier molecular flexibility index (Phi) is 8.00. The highest BCUT2D eigenvalue weighted by Gasteiger charge is 2.28. The van der Waals surface area contributed by atoms with Gasteiger partial charge in [-0.15, -0.1) is 0 Å². The van der Waals surface area contributed by atoms with Crippen LogP contribution in [0.15, 0.2) is 60.7 Å². The molecule has 2 aromatic heterocycles. The van der Waals surface area contributed by atoms with Gasteiger partial charge in [-0.1, -0.05) is 54.6 Å². The fourth-order valence-corrected chi connectivity index (χ4v) is 6.45. The topological polar surface area (TPSA) is 81.7 Å². The summed E-state index contributed by atoms with van der Waals surface area (Å²) in [6.07, 6.45) is 2.16. The molecule has 0 saturated carbocycles. The van der Waals surface area contributed by atoms with Crippen LogP contribution in [0, 0.1) is 6.92 Å². The predicted molar refractivity (Wildman–Crippen MR) is 165 cm³/mol. The molecular weight excluding hydrogens is 528 g/mol. The summed E-state index contributed by atoms with van der Waals surface area (Å²) in [6.45, 7) is 6.06. The quantitative estimate of drug-likeness (QED) is 0.215. The Hall–Kier alpha value is -4.14. The molecule has 0 amide bonds. The molecule has 0 spiro atoms. The maximum Gasteiger partial charge on any atom is 0.352 e. The Morgan fingerprint density at radius 1 is 1.00 bits per heavy atom. The van der Waals surface area contributed by atoms with Crippen LogP contribution < -0.4 is 4.74 Å². The average Bonchev–Trinajstić information content (AvgIpc) is 3.47. The molecule has 0 bridgehead atoms. The number of nitrogens with zero attached hydrogens (tertiary/aromatic N) is 4. The Morgan fingerprint density at radius 2 is 1.79 bits per heavy atom. The lowest BCUT2D eigenvalue weighted by molar-refractivity contribution is 0.0684. The largest absolute Gasteiger partial charge is 0.493 e. The fourth-order valence-electron chi connectivity index (χ4n) is 6.45. The van der Waals surface area contributed by atoms with Crippen molar-refractivity contribution in [3.05, 3.63) is 83.3 Å². The molecule has 6 rings (SSSR count). The minimum atomic E-state index is -0.889. The number of carboxylic acid groups (broad SMARTS) is 1. The number of para-hydroxylation sites is 1. The number of carboxylic acids is 1. The Bertz CT molecular complexity index is 1750. The number of aromatic carboxylic acids is 1. The summed E-state index contributed by atoms with van der Waals surface area (Å²) in [5, 5.41) is 18.8. The van der Waals surface area contributed by atoms with Crippen molar-refractivity contribution in [3.63, 3.8) is 0 Å². The van der Waals surface area contributed by atoms with E-state index >= 15 is 0 Å². The molecule has 1 N–H and O–H groups in total. The Balaban J connectivity index is 1.40. The molecule has 3 aromatic carbocycles. The van der Waals surface area contributed by atoms with Gasteiger partial charge in [0.1, 0.15) is 11.4 Å². The van der Waals surface area contributed by atoms with E-state index in [1.807, 2.05) is 33.5 Å². The molecule has 0 atom stereocenters. The summed E-state index contributed by atoms with van der Waals surface area (Å²) in [5.74, 6) is -0.0347. The molecule has 1 aliphatic heterocycles. The van der Waals surface area contributed by atoms with Gasteiger partial charge in [-0.3, -0.25) is 4.68 Å². The average molecular weight is 567 g/mol. The molecule has 8 nitrogen and oxygen atoms in total. The maximum atomic E-state index is 12.9. The first kappa shape index (κ1) is 28.0. The van der Waals surface area contributed by atoms with Crippen molar-refractivity contribution in [1.29, 1.82) is 0 Å². The zero-order valence-electron chi connectivity index (χ0n) is 24.6. The standard InChI is InChI=1S/C34H38N4O4/c1-23-31-28-14-7-13-26-27(15-8-20-42-30-16-6-11-24-10-4-5-12-25(24)30)33(34(39)40)37(32(26)28)18-9-17-36(2)22-29(31)35-38(23)19-21-41-3/h4-7,10-14,16H,8-9,15,17-22H2,1-3H3,(H,39,40). The molecule has 42 heavy (non-hydrogen) atoms. The van der Waals surface area contributed by atoms with Crippen molar-refractivity contribution in [2.75, 3.05) is 33.9 Å². The van der Waals surface area contributed by atoms with Gasteiger partial charge in [0, 0.05) is 47.8 Å². The number of methoxy groups -OCH3 is 1. The van der Waals surface area contributed by atoms with Gasteiger partial charge in [0.2, 0.25) is 0 Å². The van der Waals surface area contributed by atoms with E-state index in [0.717, 1.165) is 75.0 Å². The number of hydrogen-bond acceptors (Lipinski definition) is 5. The zero-order chi connectivity index (χ0) is 29.2. The van der Waals surface area contributed by atoms with Gasteiger partial charge in [-0.2, -0.15) is 5.10 Å². The van der Waals surface area contributed by atoms with E-state index in [2.05, 4.69) is 55.3 Å². The molecule has 1 aliphatic rings. The second-order valence-electron chi connectivity index (χ2n) is 11.1. The summed E-state index contributed by atoms with van der Waals surface area (Å²) in [4.78, 5) is 15.1. The van der Waals surface area contributed by atoms with Crippen molar-refractivity contribution in [2.45, 2.75) is 45.8 Å². The van der Waals surface area contributed by atoms with Crippen LogP contribution in [0.3, 0.4) is 0 Å². The summed E-state index contributed by atoms with van der Waals surface area (Å²) in [7, 11) is 3.80. The molecule has 0 saturated heterocycles. The lowest BCUT2D eigenvalue weighted by atomic mass is 9.98. The Morgan fingerprint density at radius 3 is 2.62 bits per heavy atom. The van der Waals surface area contributed by atoms with Gasteiger partial charge in [0.05, 0.1) is 31.0 Å². The second kappa shape index (κ2) is 12.0. The number of aryl methyl sites for hydroxylation is 2. The van der Waals surface area contributed by atoms with Gasteiger partial charge < -0.3 is 24.0 Å². The molecule has 0 unspecified atom stereocenters. The van der Waals surface area contributed by atoms with Crippen LogP contribution in [-0.2, 0) is 30.8 Å². The third-order valence-corrected chi connectivity index (χ3v) is 8.36. The zero-order valence-corrected chi connectivity index (χ0v) is 24.6. The summed E-state index contributed by atoms with van der Waals surface area (Å²) in [5.41, 5.74) is 6.45. The first-order valence-corrected chi connectivity index (χ1v) is 14.7. The van der Waals surface area contributed by atoms with Crippen LogP contribution in [0.1, 0.15) is 40.3 Å². The third kappa shape index (κ3) is 5.16. The lowest BCUT2D eigenvalue weighted by Crippen LogP contribution is -2.22. The molecule has 3 heterocycles. The van der Waals surface area contributed by atoms with E-state index in [4.69, 9.17) is 14.6 Å². The molecule has 0 radical (unpaired) electrons. The van der Waals surface area contributed by atoms with Crippen molar-refractivity contribution in [2.24, 2.45) is 0 Å². The van der Waals surface area contributed by atoms with E-state index < -0.39 is 5.97 Å². The van der Waals surface area contributed by atoms with Crippen LogP contribution in [0.2, 0.25) is 0 Å². The van der Waals surface area contributed by atoms with E-state index in [1.165, 1.54) is 0 Å². The first-order valence-electron chi connectivity index (χ1n) is 14.7. The van der Waals surface area contributed by atoms with Gasteiger partial charge in [-0.25, -0.2) is 4.79 Å². The maximum absolute atomic E-state index is 12.9. The smallest absolute Gasteiger partial charge is 0.352 e. The number of ether oxygens (including phenoxy) is 2. The summed E-state index contributed by atoms with van der Waals surface area (Å²) >= 11 is 0. The molecule has 8 heteroatoms. The third-order valence-electron chi connectivity index (χ3n) is 8.36. The van der Waals surface area contributed by atoms with Crippen LogP contribution in [0.25, 0.3) is 32.8 Å². The van der Waals surface area contributed by atoms with Crippen LogP contribution in [0.5, 0.6) is 5.75 Å². The normalized spacial score (nSPS) is 13.9. The lowest BCUT2D eigenvalue weighted by Gasteiger charge is -2.20. The van der Waals surface area contributed by atoms with Crippen molar-refractivity contribution in [1.82, 2.24) is 19.2 Å². The molecule has 0 aliphatic carbocycles. The van der Waals surface area contributed by atoms with E-state index in [-0.39, 0.29) is 0 Å². The number of fused-ring (bicyclic) bond motifs is 3. The SMILES string of the molecule is COCCn1nc2c(c1C)-c1cccc3c(CCCOc4cccc5ccccc45)c(C(=O)O)n(c13)CCCN(C)C2. The number of carbonyl (C=O) groups is 1. The number of rotatable bonds is 9. The highest BCUT2D eigenvalue weighted by Crippen LogP contribution is 2.39. The van der Waals surface area contributed by atoms with Crippen molar-refractivity contribution in [3.8, 4) is 16.9 Å². The van der Waals surface area contributed by atoms with E-state index in [1.54, 1.807) is 7.11 Å². The van der Waals surface area contributed by atoms with Crippen molar-refractivity contribution >= 4 is 27.6 Å². The molecular formula is C34H38N4O4. The number of aromatic nitrogens is 3. The van der Waals surface area contributed by atoms with Gasteiger partial charge in [0.25, 0.3) is 0 Å². The van der Waals surface area contributed by atoms with Gasteiger partial charge in [0.15, 0.2) is 0 Å². The van der Waals surface area contributed by atoms with Gasteiger partial charge in [-0.05, 0) is 56.8 Å². The highest BCUT2D eigenvalue weighted by atomic mass is 16.5. The minimum Gasteiger partial charge on any atom is -0.493 e. The van der Waals surface area contributed by atoms with E-state index in [9.17, 15) is 9.90 Å². The summed E-state index contributed by atoms with van der Waals surface area (Å²) in [6, 6.07) is 20.5. The first-order chi connectivity index (χ1) is 20.5. The van der Waals surface area contributed by atoms with E-state index in [0.29, 0.717) is 44.8 Å². The Labute approximate surface area is 246 Å². The highest BCUT2D eigenvalue weighted by molar-refractivity contribution is 6.04. The molecule has 218 valence electrons. The number of benzene rings is 3. The molecule has 0 fully saturated rings.